The van der Waals surface area contributed by atoms with E-state index in [0.29, 0.717) is 5.82 Å². The van der Waals surface area contributed by atoms with E-state index in [0.717, 1.165) is 46.4 Å². The second-order valence-corrected chi connectivity index (χ2v) is 7.33. The van der Waals surface area contributed by atoms with Crippen LogP contribution in [0.3, 0.4) is 0 Å². The molecule has 1 N–H and O–H groups in total. The fourth-order valence-electron chi connectivity index (χ4n) is 2.39. The molecule has 1 fully saturated rings. The molecule has 1 unspecified atom stereocenters. The van der Waals surface area contributed by atoms with E-state index in [1.807, 2.05) is 12.1 Å². The van der Waals surface area contributed by atoms with Crippen LogP contribution in [0.1, 0.15) is 25.2 Å². The molecule has 2 aromatic rings. The van der Waals surface area contributed by atoms with Crippen molar-refractivity contribution in [3.63, 3.8) is 0 Å². The average Bonchev–Trinajstić information content (AvgIpc) is 3.06. The summed E-state index contributed by atoms with van der Waals surface area (Å²) in [5.41, 5.74) is 0. The molecule has 6 heteroatoms. The van der Waals surface area contributed by atoms with Crippen LogP contribution >= 0.6 is 27.3 Å². The lowest BCUT2D eigenvalue weighted by Gasteiger charge is -2.21. The van der Waals surface area contributed by atoms with Crippen molar-refractivity contribution in [2.45, 2.75) is 25.7 Å². The normalized spacial score (nSPS) is 19.7. The highest BCUT2D eigenvalue weighted by atomic mass is 79.9. The van der Waals surface area contributed by atoms with Gasteiger partial charge in [0.2, 0.25) is 11.7 Å². The fourth-order valence-corrected chi connectivity index (χ4v) is 3.70. The molecule has 0 amide bonds. The highest BCUT2D eigenvalue weighted by Crippen LogP contribution is 2.29. The average molecular weight is 342 g/mol. The van der Waals surface area contributed by atoms with E-state index in [2.05, 4.69) is 31.4 Å². The van der Waals surface area contributed by atoms with Gasteiger partial charge in [-0.2, -0.15) is 4.98 Å². The van der Waals surface area contributed by atoms with Gasteiger partial charge in [-0.15, -0.1) is 11.3 Å². The molecule has 0 radical (unpaired) electrons. The molecule has 0 spiro atoms. The van der Waals surface area contributed by atoms with Crippen LogP contribution in [-0.4, -0.2) is 23.2 Å². The number of nitrogens with zero attached hydrogens (tertiary/aromatic N) is 2. The molecule has 3 heterocycles. The Morgan fingerprint density at radius 2 is 2.42 bits per heavy atom. The zero-order valence-corrected chi connectivity index (χ0v) is 13.0. The number of hydrogen-bond acceptors (Lipinski definition) is 5. The van der Waals surface area contributed by atoms with Gasteiger partial charge in [0.05, 0.1) is 8.66 Å². The van der Waals surface area contributed by atoms with Crippen molar-refractivity contribution < 1.29 is 4.52 Å². The smallest absolute Gasteiger partial charge is 0.226 e. The molecule has 0 bridgehead atoms. The maximum absolute atomic E-state index is 5.33. The molecule has 0 saturated carbocycles. The van der Waals surface area contributed by atoms with Crippen molar-refractivity contribution in [1.29, 1.82) is 0 Å². The molecule has 102 valence electrons. The minimum Gasteiger partial charge on any atom is -0.339 e. The Bertz CT molecular complexity index is 533. The summed E-state index contributed by atoms with van der Waals surface area (Å²) in [6.45, 7) is 2.29. The van der Waals surface area contributed by atoms with Gasteiger partial charge in [0, 0.05) is 6.42 Å². The molecule has 2 aromatic heterocycles. The standard InChI is InChI=1S/C13H16BrN3OS/c14-11-5-4-10(19-11)13-16-12(18-17-13)6-3-9-2-1-7-15-8-9/h4-5,9,15H,1-3,6-8H2. The molecule has 3 rings (SSSR count). The Morgan fingerprint density at radius 1 is 1.47 bits per heavy atom. The molecule has 19 heavy (non-hydrogen) atoms. The van der Waals surface area contributed by atoms with Gasteiger partial charge in [0.25, 0.3) is 0 Å². The van der Waals surface area contributed by atoms with Gasteiger partial charge in [0.15, 0.2) is 0 Å². The molecule has 1 aliphatic heterocycles. The van der Waals surface area contributed by atoms with Crippen molar-refractivity contribution in [2.24, 2.45) is 5.92 Å². The topological polar surface area (TPSA) is 51.0 Å². The number of halogens is 1. The quantitative estimate of drug-likeness (QED) is 0.924. The lowest BCUT2D eigenvalue weighted by molar-refractivity contribution is 0.327. The third-order valence-corrected chi connectivity index (χ3v) is 5.05. The van der Waals surface area contributed by atoms with Crippen LogP contribution in [-0.2, 0) is 6.42 Å². The molecule has 4 nitrogen and oxygen atoms in total. The predicted molar refractivity (Wildman–Crippen MR) is 79.2 cm³/mol. The summed E-state index contributed by atoms with van der Waals surface area (Å²) in [6, 6.07) is 4.01. The number of hydrogen-bond donors (Lipinski definition) is 1. The van der Waals surface area contributed by atoms with Crippen molar-refractivity contribution >= 4 is 27.3 Å². The van der Waals surface area contributed by atoms with Crippen LogP contribution < -0.4 is 5.32 Å². The Morgan fingerprint density at radius 3 is 3.16 bits per heavy atom. The molecule has 1 aliphatic rings. The van der Waals surface area contributed by atoms with E-state index in [4.69, 9.17) is 4.52 Å². The monoisotopic (exact) mass is 341 g/mol. The number of aromatic nitrogens is 2. The molecular weight excluding hydrogens is 326 g/mol. The van der Waals surface area contributed by atoms with Gasteiger partial charge in [0.1, 0.15) is 0 Å². The molecular formula is C13H16BrN3OS. The van der Waals surface area contributed by atoms with Gasteiger partial charge in [-0.25, -0.2) is 0 Å². The van der Waals surface area contributed by atoms with Crippen LogP contribution in [0.5, 0.6) is 0 Å². The summed E-state index contributed by atoms with van der Waals surface area (Å²) < 4.78 is 6.41. The first kappa shape index (κ1) is 13.3. The highest BCUT2D eigenvalue weighted by Gasteiger charge is 2.15. The van der Waals surface area contributed by atoms with E-state index in [9.17, 15) is 0 Å². The van der Waals surface area contributed by atoms with Crippen LogP contribution in [0.4, 0.5) is 0 Å². The Kier molecular flexibility index (Phi) is 4.30. The van der Waals surface area contributed by atoms with Gasteiger partial charge >= 0.3 is 0 Å². The van der Waals surface area contributed by atoms with Crippen molar-refractivity contribution in [2.75, 3.05) is 13.1 Å². The Labute approximate surface area is 124 Å². The van der Waals surface area contributed by atoms with Crippen LogP contribution in [0, 0.1) is 5.92 Å². The number of thiophene rings is 1. The van der Waals surface area contributed by atoms with Crippen molar-refractivity contribution in [3.05, 3.63) is 21.8 Å². The number of aryl methyl sites for hydroxylation is 1. The first-order chi connectivity index (χ1) is 9.31. The largest absolute Gasteiger partial charge is 0.339 e. The van der Waals surface area contributed by atoms with E-state index in [-0.39, 0.29) is 0 Å². The molecule has 1 saturated heterocycles. The Hall–Kier alpha value is -0.720. The second kappa shape index (κ2) is 6.15. The number of nitrogens with one attached hydrogen (secondary N) is 1. The number of piperidine rings is 1. The van der Waals surface area contributed by atoms with E-state index >= 15 is 0 Å². The molecule has 0 aliphatic carbocycles. The summed E-state index contributed by atoms with van der Waals surface area (Å²) in [7, 11) is 0. The van der Waals surface area contributed by atoms with Crippen LogP contribution in [0.25, 0.3) is 10.7 Å². The van der Waals surface area contributed by atoms with Gasteiger partial charge < -0.3 is 9.84 Å². The summed E-state index contributed by atoms with van der Waals surface area (Å²) >= 11 is 5.07. The SMILES string of the molecule is Brc1ccc(-c2noc(CCC3CCCNC3)n2)s1. The minimum absolute atomic E-state index is 0.701. The second-order valence-electron chi connectivity index (χ2n) is 4.87. The predicted octanol–water partition coefficient (Wildman–Crippen LogP) is 3.49. The number of rotatable bonds is 4. The Balaban J connectivity index is 1.58. The van der Waals surface area contributed by atoms with E-state index in [1.165, 1.54) is 12.8 Å². The summed E-state index contributed by atoms with van der Waals surface area (Å²) in [4.78, 5) is 5.51. The highest BCUT2D eigenvalue weighted by molar-refractivity contribution is 9.11. The maximum Gasteiger partial charge on any atom is 0.226 e. The van der Waals surface area contributed by atoms with E-state index < -0.39 is 0 Å². The maximum atomic E-state index is 5.33. The van der Waals surface area contributed by atoms with Crippen LogP contribution in [0.2, 0.25) is 0 Å². The van der Waals surface area contributed by atoms with Gasteiger partial charge in [-0.05, 0) is 66.3 Å². The van der Waals surface area contributed by atoms with Crippen molar-refractivity contribution in [1.82, 2.24) is 15.5 Å². The third kappa shape index (κ3) is 3.43. The first-order valence-corrected chi connectivity index (χ1v) is 8.21. The lowest BCUT2D eigenvalue weighted by Crippen LogP contribution is -2.29. The lowest BCUT2D eigenvalue weighted by atomic mass is 9.95. The summed E-state index contributed by atoms with van der Waals surface area (Å²) in [5.74, 6) is 2.21. The minimum atomic E-state index is 0.701. The molecule has 1 atom stereocenters. The van der Waals surface area contributed by atoms with Crippen LogP contribution in [0.15, 0.2) is 20.4 Å². The summed E-state index contributed by atoms with van der Waals surface area (Å²) in [5, 5.41) is 7.49. The molecule has 0 aromatic carbocycles. The van der Waals surface area contributed by atoms with Gasteiger partial charge in [-0.3, -0.25) is 0 Å². The fraction of sp³-hybridized carbons (Fsp3) is 0.538. The first-order valence-electron chi connectivity index (χ1n) is 6.60. The summed E-state index contributed by atoms with van der Waals surface area (Å²) in [6.07, 6.45) is 4.60. The third-order valence-electron chi connectivity index (χ3n) is 3.43. The van der Waals surface area contributed by atoms with Gasteiger partial charge in [-0.1, -0.05) is 5.16 Å². The zero-order valence-electron chi connectivity index (χ0n) is 10.6. The van der Waals surface area contributed by atoms with Crippen molar-refractivity contribution in [3.8, 4) is 10.7 Å². The van der Waals surface area contributed by atoms with E-state index in [1.54, 1.807) is 11.3 Å². The zero-order chi connectivity index (χ0) is 13.1.